The predicted molar refractivity (Wildman–Crippen MR) is 52.9 cm³/mol. The van der Waals surface area contributed by atoms with E-state index in [9.17, 15) is 0 Å². The third-order valence-corrected chi connectivity index (χ3v) is 2.90. The second kappa shape index (κ2) is 4.40. The average Bonchev–Trinajstić information content (AvgIpc) is 2.18. The molecule has 1 aliphatic rings. The maximum Gasteiger partial charge on any atom is 0.0986 e. The molecule has 0 aromatic heterocycles. The van der Waals surface area contributed by atoms with Crippen LogP contribution >= 0.6 is 0 Å². The van der Waals surface area contributed by atoms with Crippen molar-refractivity contribution in [2.45, 2.75) is 32.5 Å². The molecule has 0 N–H and O–H groups in total. The SMILES string of the molecule is CCN1CCO[C@H](C(C)(C)OC)C1. The molecular weight excluding hydrogens is 166 g/mol. The summed E-state index contributed by atoms with van der Waals surface area (Å²) in [7, 11) is 1.74. The van der Waals surface area contributed by atoms with E-state index in [-0.39, 0.29) is 11.7 Å². The molecule has 78 valence electrons. The van der Waals surface area contributed by atoms with Gasteiger partial charge in [0.05, 0.1) is 18.3 Å². The molecular formula is C10H21NO2. The third kappa shape index (κ3) is 2.66. The quantitative estimate of drug-likeness (QED) is 0.661. The molecule has 1 aliphatic heterocycles. The summed E-state index contributed by atoms with van der Waals surface area (Å²) in [5.74, 6) is 0. The van der Waals surface area contributed by atoms with Gasteiger partial charge in [-0.3, -0.25) is 4.90 Å². The maximum atomic E-state index is 5.70. The molecule has 1 rings (SSSR count). The minimum Gasteiger partial charge on any atom is -0.376 e. The van der Waals surface area contributed by atoms with Crippen LogP contribution in [0.4, 0.5) is 0 Å². The van der Waals surface area contributed by atoms with Crippen molar-refractivity contribution in [3.05, 3.63) is 0 Å². The monoisotopic (exact) mass is 187 g/mol. The molecule has 1 heterocycles. The molecule has 13 heavy (non-hydrogen) atoms. The molecule has 0 spiro atoms. The first-order valence-electron chi connectivity index (χ1n) is 4.99. The van der Waals surface area contributed by atoms with Crippen LogP contribution in [-0.2, 0) is 9.47 Å². The Morgan fingerprint density at radius 3 is 2.77 bits per heavy atom. The van der Waals surface area contributed by atoms with Gasteiger partial charge in [-0.15, -0.1) is 0 Å². The summed E-state index contributed by atoms with van der Waals surface area (Å²) in [5.41, 5.74) is -0.173. The molecule has 0 amide bonds. The van der Waals surface area contributed by atoms with E-state index < -0.39 is 0 Å². The topological polar surface area (TPSA) is 21.7 Å². The highest BCUT2D eigenvalue weighted by Gasteiger charge is 2.33. The second-order valence-electron chi connectivity index (χ2n) is 4.06. The molecule has 3 heteroatoms. The molecule has 0 aromatic rings. The molecule has 0 aromatic carbocycles. The summed E-state index contributed by atoms with van der Waals surface area (Å²) < 4.78 is 11.1. The van der Waals surface area contributed by atoms with Crippen molar-refractivity contribution in [3.8, 4) is 0 Å². The minimum atomic E-state index is -0.173. The first-order chi connectivity index (χ1) is 6.10. The molecule has 0 unspecified atom stereocenters. The van der Waals surface area contributed by atoms with Gasteiger partial charge in [-0.2, -0.15) is 0 Å². The van der Waals surface area contributed by atoms with Gasteiger partial charge < -0.3 is 9.47 Å². The van der Waals surface area contributed by atoms with E-state index in [1.807, 2.05) is 0 Å². The highest BCUT2D eigenvalue weighted by molar-refractivity contribution is 4.85. The van der Waals surface area contributed by atoms with Gasteiger partial charge in [0.25, 0.3) is 0 Å². The van der Waals surface area contributed by atoms with Gasteiger partial charge in [-0.05, 0) is 20.4 Å². The number of morpholine rings is 1. The Hall–Kier alpha value is -0.120. The number of rotatable bonds is 3. The van der Waals surface area contributed by atoms with E-state index in [0.29, 0.717) is 0 Å². The minimum absolute atomic E-state index is 0.173. The summed E-state index contributed by atoms with van der Waals surface area (Å²) in [4.78, 5) is 2.40. The first-order valence-corrected chi connectivity index (χ1v) is 4.99. The first kappa shape index (κ1) is 11.0. The zero-order valence-electron chi connectivity index (χ0n) is 9.17. The standard InChI is InChI=1S/C10H21NO2/c1-5-11-6-7-13-9(8-11)10(2,3)12-4/h9H,5-8H2,1-4H3/t9-/m0/s1. The van der Waals surface area contributed by atoms with E-state index in [1.165, 1.54) is 0 Å². The van der Waals surface area contributed by atoms with Crippen molar-refractivity contribution >= 4 is 0 Å². The lowest BCUT2D eigenvalue weighted by Gasteiger charge is -2.40. The molecule has 3 nitrogen and oxygen atoms in total. The number of hydrogen-bond donors (Lipinski definition) is 0. The predicted octanol–water partition coefficient (Wildman–Crippen LogP) is 1.13. The summed E-state index contributed by atoms with van der Waals surface area (Å²) in [6, 6.07) is 0. The van der Waals surface area contributed by atoms with Crippen LogP contribution in [-0.4, -0.2) is 50.0 Å². The van der Waals surface area contributed by atoms with Crippen LogP contribution in [0, 0.1) is 0 Å². The number of ether oxygens (including phenoxy) is 2. The fourth-order valence-electron chi connectivity index (χ4n) is 1.54. The molecule has 0 radical (unpaired) electrons. The Kier molecular flexibility index (Phi) is 3.71. The lowest BCUT2D eigenvalue weighted by Crippen LogP contribution is -2.52. The van der Waals surface area contributed by atoms with Gasteiger partial charge in [-0.25, -0.2) is 0 Å². The molecule has 0 saturated carbocycles. The maximum absolute atomic E-state index is 5.70. The van der Waals surface area contributed by atoms with Crippen LogP contribution in [0.15, 0.2) is 0 Å². The smallest absolute Gasteiger partial charge is 0.0986 e. The summed E-state index contributed by atoms with van der Waals surface area (Å²) in [5, 5.41) is 0. The van der Waals surface area contributed by atoms with Crippen molar-refractivity contribution in [2.24, 2.45) is 0 Å². The molecule has 1 saturated heterocycles. The van der Waals surface area contributed by atoms with Crippen molar-refractivity contribution in [2.75, 3.05) is 33.4 Å². The van der Waals surface area contributed by atoms with Crippen molar-refractivity contribution in [1.82, 2.24) is 4.90 Å². The van der Waals surface area contributed by atoms with Crippen LogP contribution < -0.4 is 0 Å². The van der Waals surface area contributed by atoms with Gasteiger partial charge in [0.1, 0.15) is 0 Å². The Balaban J connectivity index is 2.50. The number of nitrogens with zero attached hydrogens (tertiary/aromatic N) is 1. The van der Waals surface area contributed by atoms with Gasteiger partial charge in [0.2, 0.25) is 0 Å². The Bertz CT molecular complexity index is 159. The Morgan fingerprint density at radius 1 is 1.54 bits per heavy atom. The molecule has 0 aliphatic carbocycles. The summed E-state index contributed by atoms with van der Waals surface area (Å²) in [6.07, 6.45) is 0.200. The summed E-state index contributed by atoms with van der Waals surface area (Å²) in [6.45, 7) is 10.3. The van der Waals surface area contributed by atoms with Crippen molar-refractivity contribution in [3.63, 3.8) is 0 Å². The van der Waals surface area contributed by atoms with E-state index in [1.54, 1.807) is 7.11 Å². The second-order valence-corrected chi connectivity index (χ2v) is 4.06. The Morgan fingerprint density at radius 2 is 2.23 bits per heavy atom. The number of methoxy groups -OCH3 is 1. The largest absolute Gasteiger partial charge is 0.376 e. The van der Waals surface area contributed by atoms with Crippen LogP contribution in [0.25, 0.3) is 0 Å². The third-order valence-electron chi connectivity index (χ3n) is 2.90. The highest BCUT2D eigenvalue weighted by Crippen LogP contribution is 2.20. The van der Waals surface area contributed by atoms with Crippen molar-refractivity contribution < 1.29 is 9.47 Å². The van der Waals surface area contributed by atoms with Crippen LogP contribution in [0.5, 0.6) is 0 Å². The zero-order valence-corrected chi connectivity index (χ0v) is 9.17. The normalized spacial score (nSPS) is 26.3. The van der Waals surface area contributed by atoms with Crippen LogP contribution in [0.3, 0.4) is 0 Å². The average molecular weight is 187 g/mol. The Labute approximate surface area is 81.0 Å². The number of likely N-dealkylation sites (N-methyl/N-ethyl adjacent to an activating group) is 1. The van der Waals surface area contributed by atoms with E-state index in [2.05, 4.69) is 25.7 Å². The molecule has 1 atom stereocenters. The summed E-state index contributed by atoms with van der Waals surface area (Å²) >= 11 is 0. The van der Waals surface area contributed by atoms with Crippen LogP contribution in [0.2, 0.25) is 0 Å². The van der Waals surface area contributed by atoms with Gasteiger partial charge in [0.15, 0.2) is 0 Å². The van der Waals surface area contributed by atoms with Gasteiger partial charge >= 0.3 is 0 Å². The molecule has 1 fully saturated rings. The fourth-order valence-corrected chi connectivity index (χ4v) is 1.54. The van der Waals surface area contributed by atoms with Gasteiger partial charge in [-0.1, -0.05) is 6.92 Å². The number of hydrogen-bond acceptors (Lipinski definition) is 3. The van der Waals surface area contributed by atoms with Gasteiger partial charge in [0, 0.05) is 20.2 Å². The zero-order chi connectivity index (χ0) is 9.90. The lowest BCUT2D eigenvalue weighted by molar-refractivity contribution is -0.141. The van der Waals surface area contributed by atoms with E-state index >= 15 is 0 Å². The van der Waals surface area contributed by atoms with Crippen molar-refractivity contribution in [1.29, 1.82) is 0 Å². The highest BCUT2D eigenvalue weighted by atomic mass is 16.5. The van der Waals surface area contributed by atoms with E-state index in [4.69, 9.17) is 9.47 Å². The fraction of sp³-hybridized carbons (Fsp3) is 1.00. The molecule has 0 bridgehead atoms. The van der Waals surface area contributed by atoms with Crippen LogP contribution in [0.1, 0.15) is 20.8 Å². The lowest BCUT2D eigenvalue weighted by atomic mass is 10.00. The van der Waals surface area contributed by atoms with E-state index in [0.717, 1.165) is 26.2 Å².